The molecule has 0 radical (unpaired) electrons. The van der Waals surface area contributed by atoms with Gasteiger partial charge in [-0.2, -0.15) is 0 Å². The molecule has 1 unspecified atom stereocenters. The van der Waals surface area contributed by atoms with Crippen LogP contribution in [0, 0.1) is 0 Å². The highest BCUT2D eigenvalue weighted by Gasteiger charge is 2.56. The topological polar surface area (TPSA) is 253 Å². The minimum absolute atomic E-state index is 0.0816. The number of hydrogen-bond donors (Lipinski definition) is 6. The number of allylic oxidation sites excluding steroid dienone is 10. The highest BCUT2D eigenvalue weighted by Crippen LogP contribution is 2.48. The fourth-order valence-corrected chi connectivity index (χ4v) is 9.43. The van der Waals surface area contributed by atoms with Crippen molar-refractivity contribution in [1.29, 1.82) is 0 Å². The number of aliphatic hydroxyl groups is 3. The smallest absolute Gasteiger partial charge is 0.413 e. The highest BCUT2D eigenvalue weighted by atomic mass is 31.2. The van der Waals surface area contributed by atoms with Crippen LogP contribution in [0.5, 0.6) is 5.75 Å². The number of nitrogens with zero attached hydrogens (tertiary/aromatic N) is 2. The van der Waals surface area contributed by atoms with E-state index in [2.05, 4.69) is 72.8 Å². The second-order valence-corrected chi connectivity index (χ2v) is 19.7. The van der Waals surface area contributed by atoms with E-state index in [0.29, 0.717) is 18.2 Å². The number of halogens is 2. The van der Waals surface area contributed by atoms with Crippen molar-refractivity contribution in [2.24, 2.45) is 0 Å². The predicted molar refractivity (Wildman–Crippen MR) is 277 cm³/mol. The number of unbranched alkanes of at least 4 members (excludes halogenated alkanes) is 1. The Morgan fingerprint density at radius 1 is 0.730 bits per heavy atom. The molecule has 0 bridgehead atoms. The Labute approximate surface area is 427 Å². The zero-order valence-electron chi connectivity index (χ0n) is 41.8. The monoisotopic (exact) mass is 1050 g/mol. The van der Waals surface area contributed by atoms with Crippen molar-refractivity contribution < 1.29 is 52.0 Å². The van der Waals surface area contributed by atoms with Crippen LogP contribution in [0.4, 0.5) is 8.78 Å². The summed E-state index contributed by atoms with van der Waals surface area (Å²) in [6.07, 6.45) is 22.1. The maximum atomic E-state index is 15.8. The molecule has 74 heavy (non-hydrogen) atoms. The summed E-state index contributed by atoms with van der Waals surface area (Å²) in [7, 11) is -4.20. The SMILES string of the molecule is CC/C=C\C/C=C\C/C=C\C/C=C\C/C=C\CCCC(=O)CCCNP(=O)(OC[C@H]1O[C@@H](n2ccc(=O)[nH]c2=O)[C@](C)(F)[C@@H]1O)Oc1cccc2ccccc12.C[C@@]1(F)[C@H](O)[C@@H](CO)O[C@H]1n1ccc(=O)[nH]c1=O. The number of hydrogen-bond acceptors (Lipinski definition) is 13. The fraction of sp³-hybridized carbons (Fsp3) is 0.453. The van der Waals surface area contributed by atoms with Gasteiger partial charge in [0.2, 0.25) is 0 Å². The van der Waals surface area contributed by atoms with Crippen LogP contribution in [0.25, 0.3) is 10.8 Å². The Kier molecular flexibility index (Phi) is 22.8. The summed E-state index contributed by atoms with van der Waals surface area (Å²) in [5, 5.41) is 33.8. The third kappa shape index (κ3) is 16.8. The highest BCUT2D eigenvalue weighted by molar-refractivity contribution is 7.52. The van der Waals surface area contributed by atoms with E-state index in [1.165, 1.54) is 0 Å². The molecule has 6 N–H and O–H groups in total. The number of fused-ring (bicyclic) bond motifs is 1. The van der Waals surface area contributed by atoms with Gasteiger partial charge in [-0.15, -0.1) is 0 Å². The van der Waals surface area contributed by atoms with Crippen LogP contribution >= 0.6 is 7.75 Å². The average molecular weight is 1050 g/mol. The number of Topliss-reactive ketones (excluding diaryl/α,β-unsaturated/α-hetero) is 1. The van der Waals surface area contributed by atoms with Crippen LogP contribution in [-0.4, -0.2) is 95.7 Å². The second-order valence-electron chi connectivity index (χ2n) is 18.0. The molecule has 2 aromatic carbocycles. The molecular formula is C53H68F2N5O13P. The summed E-state index contributed by atoms with van der Waals surface area (Å²) >= 11 is 0. The van der Waals surface area contributed by atoms with E-state index < -0.39 is 91.7 Å². The maximum absolute atomic E-state index is 15.8. The van der Waals surface area contributed by atoms with Gasteiger partial charge in [0.05, 0.1) is 13.2 Å². The Morgan fingerprint density at radius 3 is 1.77 bits per heavy atom. The first-order valence-corrected chi connectivity index (χ1v) is 26.2. The molecule has 4 aromatic rings. The number of rotatable bonds is 26. The van der Waals surface area contributed by atoms with E-state index in [1.807, 2.05) is 34.2 Å². The lowest BCUT2D eigenvalue weighted by Gasteiger charge is -2.25. The minimum Gasteiger partial charge on any atom is -0.413 e. The third-order valence-electron chi connectivity index (χ3n) is 12.1. The van der Waals surface area contributed by atoms with Crippen molar-refractivity contribution in [3.05, 3.63) is 169 Å². The lowest BCUT2D eigenvalue weighted by Crippen LogP contribution is -2.43. The van der Waals surface area contributed by atoms with Gasteiger partial charge in [0, 0.05) is 49.3 Å². The molecule has 2 aromatic heterocycles. The lowest BCUT2D eigenvalue weighted by atomic mass is 9.98. The van der Waals surface area contributed by atoms with E-state index >= 15 is 4.39 Å². The minimum atomic E-state index is -4.20. The van der Waals surface area contributed by atoms with Crippen LogP contribution in [0.15, 0.2) is 147 Å². The van der Waals surface area contributed by atoms with Crippen molar-refractivity contribution in [2.75, 3.05) is 19.8 Å². The van der Waals surface area contributed by atoms with Crippen LogP contribution in [0.1, 0.15) is 97.4 Å². The molecule has 0 amide bonds. The Balaban J connectivity index is 0.000000470. The summed E-state index contributed by atoms with van der Waals surface area (Å²) < 4.78 is 68.5. The Morgan fingerprint density at radius 2 is 1.23 bits per heavy atom. The number of nitrogens with one attached hydrogen (secondary N) is 3. The van der Waals surface area contributed by atoms with E-state index in [4.69, 9.17) is 23.6 Å². The number of aliphatic hydroxyl groups excluding tert-OH is 3. The van der Waals surface area contributed by atoms with Crippen LogP contribution in [0.2, 0.25) is 0 Å². The van der Waals surface area contributed by atoms with Crippen molar-refractivity contribution in [3.8, 4) is 5.75 Å². The molecule has 402 valence electrons. The van der Waals surface area contributed by atoms with Gasteiger partial charge in [-0.3, -0.25) is 38.0 Å². The molecule has 0 aliphatic carbocycles. The number of ketones is 1. The molecule has 2 aliphatic rings. The molecule has 21 heteroatoms. The number of carbonyl (C=O) groups is 1. The number of aromatic nitrogens is 4. The van der Waals surface area contributed by atoms with E-state index in [9.17, 15) is 43.1 Å². The maximum Gasteiger partial charge on any atom is 0.458 e. The summed E-state index contributed by atoms with van der Waals surface area (Å²) in [4.78, 5) is 63.0. The largest absolute Gasteiger partial charge is 0.458 e. The normalized spacial score (nSPS) is 24.9. The molecule has 2 aliphatic heterocycles. The molecule has 6 rings (SSSR count). The van der Waals surface area contributed by atoms with Crippen LogP contribution < -0.4 is 32.1 Å². The van der Waals surface area contributed by atoms with Gasteiger partial charge in [0.15, 0.2) is 23.8 Å². The zero-order valence-corrected chi connectivity index (χ0v) is 42.7. The number of carbonyl (C=O) groups excluding carboxylic acids is 1. The van der Waals surface area contributed by atoms with Gasteiger partial charge in [0.25, 0.3) is 11.1 Å². The predicted octanol–water partition coefficient (Wildman–Crippen LogP) is 7.26. The summed E-state index contributed by atoms with van der Waals surface area (Å²) in [5.41, 5.74) is -7.79. The quantitative estimate of drug-likeness (QED) is 0.0206. The van der Waals surface area contributed by atoms with Gasteiger partial charge >= 0.3 is 19.1 Å². The summed E-state index contributed by atoms with van der Waals surface area (Å²) in [5.74, 6) is 0.351. The second kappa shape index (κ2) is 28.6. The van der Waals surface area contributed by atoms with Crippen LogP contribution in [-0.2, 0) is 23.4 Å². The molecule has 9 atom stereocenters. The van der Waals surface area contributed by atoms with Crippen molar-refractivity contribution in [1.82, 2.24) is 24.2 Å². The van der Waals surface area contributed by atoms with E-state index in [0.717, 1.165) is 97.8 Å². The van der Waals surface area contributed by atoms with Crippen molar-refractivity contribution >= 4 is 24.3 Å². The molecule has 2 fully saturated rings. The number of alkyl halides is 2. The van der Waals surface area contributed by atoms with Gasteiger partial charge in [0.1, 0.15) is 35.9 Å². The third-order valence-corrected chi connectivity index (χ3v) is 13.7. The van der Waals surface area contributed by atoms with Gasteiger partial charge in [-0.05, 0) is 76.7 Å². The number of aromatic amines is 2. The first-order chi connectivity index (χ1) is 35.4. The zero-order chi connectivity index (χ0) is 53.7. The molecule has 0 spiro atoms. The van der Waals surface area contributed by atoms with Crippen molar-refractivity contribution in [2.45, 2.75) is 133 Å². The molecule has 18 nitrogen and oxygen atoms in total. The molecule has 0 saturated carbocycles. The Bertz CT molecular complexity index is 2880. The first kappa shape index (κ1) is 58.9. The Hall–Kier alpha value is -5.96. The molecular weight excluding hydrogens is 984 g/mol. The van der Waals surface area contributed by atoms with E-state index in [-0.39, 0.29) is 24.5 Å². The van der Waals surface area contributed by atoms with Gasteiger partial charge < -0.3 is 29.3 Å². The average Bonchev–Trinajstić information content (AvgIpc) is 3.74. The molecule has 4 heterocycles. The molecule has 2 saturated heterocycles. The standard InChI is InChI=1S/C43H55FN3O8P.C10H13FN2O5/c1-3-4-5-6-7-8-9-10-11-12-13-14-15-16-17-18-19-26-35(48)27-23-31-45-56(52,55-37-29-22-25-34-24-20-21-28-36(34)37)53-33-38-40(50)43(2,44)41(54-38)47-32-30-39(49)46-42(47)51;1-10(11)7(16)5(4-14)18-8(10)13-3-2-6(15)12-9(13)17/h4-5,7-8,10-11,13-14,16-17,20-22,24-25,28-30,32,38,40-41,50H,3,6,9,12,15,18-19,23,26-27,31,33H2,1-2H3,(H,45,52)(H,46,49,51);2-3,5,7-8,14,16H,4H2,1H3,(H,12,15,17)/b5-4-,8-7-,11-10-,14-13-,17-16-;/t38-,40-,41-,43-,56?;5-,7-,8-,10-/m11/s1. The lowest BCUT2D eigenvalue weighted by molar-refractivity contribution is -0.119. The van der Waals surface area contributed by atoms with Crippen LogP contribution in [0.3, 0.4) is 0 Å². The van der Waals surface area contributed by atoms with Crippen molar-refractivity contribution in [3.63, 3.8) is 0 Å². The van der Waals surface area contributed by atoms with Gasteiger partial charge in [-0.25, -0.2) is 28.0 Å². The van der Waals surface area contributed by atoms with Gasteiger partial charge in [-0.1, -0.05) is 104 Å². The summed E-state index contributed by atoms with van der Waals surface area (Å²) in [6, 6.07) is 14.7. The first-order valence-electron chi connectivity index (χ1n) is 24.6. The summed E-state index contributed by atoms with van der Waals surface area (Å²) in [6.45, 7) is 3.21. The number of ether oxygens (including phenoxy) is 2. The number of H-pyrrole nitrogens is 2. The fourth-order valence-electron chi connectivity index (χ4n) is 8.03. The number of benzene rings is 2. The van der Waals surface area contributed by atoms with E-state index in [1.54, 1.807) is 18.2 Å².